The summed E-state index contributed by atoms with van der Waals surface area (Å²) in [5, 5.41) is 9.70. The van der Waals surface area contributed by atoms with Gasteiger partial charge in [0.05, 0.1) is 0 Å². The van der Waals surface area contributed by atoms with Crippen molar-refractivity contribution < 1.29 is 5.11 Å². The molecule has 0 aliphatic rings. The van der Waals surface area contributed by atoms with Gasteiger partial charge >= 0.3 is 0 Å². The summed E-state index contributed by atoms with van der Waals surface area (Å²) in [5.74, 6) is 0.311. The maximum absolute atomic E-state index is 9.70. The van der Waals surface area contributed by atoms with Crippen LogP contribution in [0.2, 0.25) is 0 Å². The van der Waals surface area contributed by atoms with Gasteiger partial charge in [-0.2, -0.15) is 0 Å². The lowest BCUT2D eigenvalue weighted by Crippen LogP contribution is -1.90. The second kappa shape index (κ2) is 4.41. The van der Waals surface area contributed by atoms with Gasteiger partial charge in [0, 0.05) is 16.9 Å². The van der Waals surface area contributed by atoms with Gasteiger partial charge in [-0.3, -0.25) is 0 Å². The smallest absolute Gasteiger partial charge is 0.120 e. The number of phenols is 1. The molecule has 0 aromatic heterocycles. The molecule has 0 unspecified atom stereocenters. The average Bonchev–Trinajstić information content (AvgIpc) is 2.25. The first-order valence-corrected chi connectivity index (χ1v) is 5.26. The van der Waals surface area contributed by atoms with Gasteiger partial charge in [-0.15, -0.1) is 12.6 Å². The van der Waals surface area contributed by atoms with E-state index in [1.165, 1.54) is 5.56 Å². The number of rotatable bonds is 2. The number of phenolic OH excluding ortho intramolecular Hbond substituents is 1. The summed E-state index contributed by atoms with van der Waals surface area (Å²) in [6.07, 6.45) is 0.715. The van der Waals surface area contributed by atoms with Gasteiger partial charge in [-0.1, -0.05) is 36.4 Å². The Morgan fingerprint density at radius 3 is 2.33 bits per heavy atom. The zero-order valence-corrected chi connectivity index (χ0v) is 9.11. The molecule has 15 heavy (non-hydrogen) atoms. The number of benzene rings is 2. The quantitative estimate of drug-likeness (QED) is 0.738. The predicted octanol–water partition coefficient (Wildman–Crippen LogP) is 3.27. The standard InChI is InChI=1S/C13H12OS/c14-12-7-4-8-13(15)11(12)9-10-5-2-1-3-6-10/h1-8,14-15H,9H2. The van der Waals surface area contributed by atoms with Crippen molar-refractivity contribution in [2.45, 2.75) is 11.3 Å². The molecule has 0 fully saturated rings. The van der Waals surface area contributed by atoms with E-state index in [4.69, 9.17) is 0 Å². The molecule has 0 atom stereocenters. The number of thiol groups is 1. The van der Waals surface area contributed by atoms with Crippen molar-refractivity contribution in [3.05, 3.63) is 59.7 Å². The Labute approximate surface area is 94.8 Å². The van der Waals surface area contributed by atoms with Gasteiger partial charge in [0.15, 0.2) is 0 Å². The first-order chi connectivity index (χ1) is 7.27. The molecule has 1 nitrogen and oxygen atoms in total. The van der Waals surface area contributed by atoms with Gasteiger partial charge in [0.1, 0.15) is 5.75 Å². The largest absolute Gasteiger partial charge is 0.508 e. The topological polar surface area (TPSA) is 20.2 Å². The minimum Gasteiger partial charge on any atom is -0.508 e. The zero-order valence-electron chi connectivity index (χ0n) is 8.22. The van der Waals surface area contributed by atoms with Crippen LogP contribution in [0.1, 0.15) is 11.1 Å². The zero-order chi connectivity index (χ0) is 10.7. The molecule has 2 rings (SSSR count). The lowest BCUT2D eigenvalue weighted by molar-refractivity contribution is 0.467. The van der Waals surface area contributed by atoms with Crippen LogP contribution in [0, 0.1) is 0 Å². The molecule has 0 aliphatic heterocycles. The summed E-state index contributed by atoms with van der Waals surface area (Å²) in [6.45, 7) is 0. The molecule has 2 heteroatoms. The fourth-order valence-electron chi connectivity index (χ4n) is 1.54. The Morgan fingerprint density at radius 2 is 1.67 bits per heavy atom. The fraction of sp³-hybridized carbons (Fsp3) is 0.0769. The van der Waals surface area contributed by atoms with Gasteiger partial charge < -0.3 is 5.11 Å². The SMILES string of the molecule is Oc1cccc(S)c1Cc1ccccc1. The van der Waals surface area contributed by atoms with Crippen LogP contribution < -0.4 is 0 Å². The molecule has 1 N–H and O–H groups in total. The van der Waals surface area contributed by atoms with Gasteiger partial charge in [0.25, 0.3) is 0 Å². The van der Waals surface area contributed by atoms with Crippen molar-refractivity contribution in [3.63, 3.8) is 0 Å². The minimum absolute atomic E-state index is 0.311. The second-order valence-corrected chi connectivity index (χ2v) is 3.92. The Kier molecular flexibility index (Phi) is 2.97. The highest BCUT2D eigenvalue weighted by Crippen LogP contribution is 2.26. The number of hydrogen-bond donors (Lipinski definition) is 2. The Bertz CT molecular complexity index is 431. The molecule has 0 aliphatic carbocycles. The summed E-state index contributed by atoms with van der Waals surface area (Å²) in [7, 11) is 0. The molecule has 2 aromatic carbocycles. The Balaban J connectivity index is 2.32. The third-order valence-electron chi connectivity index (χ3n) is 2.35. The fourth-order valence-corrected chi connectivity index (χ4v) is 1.82. The van der Waals surface area contributed by atoms with Gasteiger partial charge in [0.2, 0.25) is 0 Å². The molecule has 0 heterocycles. The summed E-state index contributed by atoms with van der Waals surface area (Å²) in [5.41, 5.74) is 2.06. The first kappa shape index (κ1) is 10.1. The van der Waals surface area contributed by atoms with Crippen LogP contribution in [-0.2, 0) is 6.42 Å². The normalized spacial score (nSPS) is 10.2. The van der Waals surface area contributed by atoms with Crippen molar-refractivity contribution in [2.75, 3.05) is 0 Å². The van der Waals surface area contributed by atoms with Crippen LogP contribution in [0.25, 0.3) is 0 Å². The van der Waals surface area contributed by atoms with E-state index in [2.05, 4.69) is 12.6 Å². The molecule has 0 bridgehead atoms. The summed E-state index contributed by atoms with van der Waals surface area (Å²) in [6, 6.07) is 15.4. The van der Waals surface area contributed by atoms with Crippen LogP contribution in [0.5, 0.6) is 5.75 Å². The van der Waals surface area contributed by atoms with Crippen LogP contribution >= 0.6 is 12.6 Å². The third kappa shape index (κ3) is 2.34. The van der Waals surface area contributed by atoms with E-state index in [-0.39, 0.29) is 0 Å². The maximum atomic E-state index is 9.70. The highest BCUT2D eigenvalue weighted by atomic mass is 32.1. The highest BCUT2D eigenvalue weighted by Gasteiger charge is 2.05. The highest BCUT2D eigenvalue weighted by molar-refractivity contribution is 7.80. The second-order valence-electron chi connectivity index (χ2n) is 3.44. The molecule has 0 spiro atoms. The monoisotopic (exact) mass is 216 g/mol. The number of aromatic hydroxyl groups is 1. The summed E-state index contributed by atoms with van der Waals surface area (Å²) < 4.78 is 0. The van der Waals surface area contributed by atoms with Crippen LogP contribution in [0.4, 0.5) is 0 Å². The predicted molar refractivity (Wildman–Crippen MR) is 64.6 cm³/mol. The first-order valence-electron chi connectivity index (χ1n) is 4.81. The van der Waals surface area contributed by atoms with E-state index >= 15 is 0 Å². The van der Waals surface area contributed by atoms with Crippen LogP contribution in [0.3, 0.4) is 0 Å². The molecule has 0 amide bonds. The van der Waals surface area contributed by atoms with E-state index < -0.39 is 0 Å². The molecule has 0 radical (unpaired) electrons. The van der Waals surface area contributed by atoms with E-state index in [1.54, 1.807) is 12.1 Å². The van der Waals surface area contributed by atoms with Crippen molar-refractivity contribution in [2.24, 2.45) is 0 Å². The van der Waals surface area contributed by atoms with Crippen molar-refractivity contribution in [1.29, 1.82) is 0 Å². The van der Waals surface area contributed by atoms with Crippen LogP contribution in [0.15, 0.2) is 53.4 Å². The Morgan fingerprint density at radius 1 is 0.933 bits per heavy atom. The Hall–Kier alpha value is -1.41. The van der Waals surface area contributed by atoms with Crippen molar-refractivity contribution in [3.8, 4) is 5.75 Å². The van der Waals surface area contributed by atoms with Crippen molar-refractivity contribution in [1.82, 2.24) is 0 Å². The third-order valence-corrected chi connectivity index (χ3v) is 2.77. The summed E-state index contributed by atoms with van der Waals surface area (Å²) in [4.78, 5) is 0.832. The lowest BCUT2D eigenvalue weighted by Gasteiger charge is -2.07. The molecular formula is C13H12OS. The molecule has 76 valence electrons. The van der Waals surface area contributed by atoms with Gasteiger partial charge in [-0.05, 0) is 17.7 Å². The molecule has 0 saturated carbocycles. The van der Waals surface area contributed by atoms with E-state index in [0.717, 1.165) is 10.5 Å². The molecule has 0 saturated heterocycles. The van der Waals surface area contributed by atoms with E-state index in [9.17, 15) is 5.11 Å². The molecular weight excluding hydrogens is 204 g/mol. The van der Waals surface area contributed by atoms with Crippen molar-refractivity contribution >= 4 is 12.6 Å². The maximum Gasteiger partial charge on any atom is 0.120 e. The van der Waals surface area contributed by atoms with Gasteiger partial charge in [-0.25, -0.2) is 0 Å². The number of hydrogen-bond acceptors (Lipinski definition) is 2. The summed E-state index contributed by atoms with van der Waals surface area (Å²) >= 11 is 4.34. The van der Waals surface area contributed by atoms with E-state index in [0.29, 0.717) is 12.2 Å². The lowest BCUT2D eigenvalue weighted by atomic mass is 10.0. The minimum atomic E-state index is 0.311. The van der Waals surface area contributed by atoms with Crippen LogP contribution in [-0.4, -0.2) is 5.11 Å². The van der Waals surface area contributed by atoms with E-state index in [1.807, 2.05) is 36.4 Å². The molecule has 2 aromatic rings. The average molecular weight is 216 g/mol.